The lowest BCUT2D eigenvalue weighted by Crippen LogP contribution is -2.03. The molecule has 68 valence electrons. The van der Waals surface area contributed by atoms with Crippen molar-refractivity contribution in [3.8, 4) is 0 Å². The Labute approximate surface area is 75.8 Å². The number of hydrogen-bond donors (Lipinski definition) is 1. The molecule has 0 aromatic carbocycles. The van der Waals surface area contributed by atoms with Crippen LogP contribution in [0, 0.1) is 0 Å². The first-order valence-electron chi connectivity index (χ1n) is 4.30. The third kappa shape index (κ3) is 1.44. The summed E-state index contributed by atoms with van der Waals surface area (Å²) in [6.07, 6.45) is 6.28. The van der Waals surface area contributed by atoms with Gasteiger partial charge in [-0.3, -0.25) is 4.40 Å². The van der Waals surface area contributed by atoms with Crippen LogP contribution in [0.25, 0.3) is 5.65 Å². The van der Waals surface area contributed by atoms with Gasteiger partial charge in [0.25, 0.3) is 0 Å². The lowest BCUT2D eigenvalue weighted by Gasteiger charge is -2.03. The van der Waals surface area contributed by atoms with Crippen LogP contribution >= 0.6 is 0 Å². The van der Waals surface area contributed by atoms with Crippen LogP contribution in [0.15, 0.2) is 18.7 Å². The van der Waals surface area contributed by atoms with Gasteiger partial charge in [0.15, 0.2) is 5.82 Å². The first-order valence-corrected chi connectivity index (χ1v) is 4.30. The molecule has 0 aliphatic rings. The SMILES string of the molecule is CCCNc1nccn2cnnc12. The van der Waals surface area contributed by atoms with E-state index in [0.29, 0.717) is 0 Å². The van der Waals surface area contributed by atoms with Crippen LogP contribution in [-0.2, 0) is 0 Å². The third-order valence-corrected chi connectivity index (χ3v) is 1.76. The molecule has 2 heterocycles. The maximum Gasteiger partial charge on any atom is 0.203 e. The van der Waals surface area contributed by atoms with E-state index in [1.165, 1.54) is 0 Å². The van der Waals surface area contributed by atoms with Gasteiger partial charge in [0.05, 0.1) is 0 Å². The van der Waals surface area contributed by atoms with Gasteiger partial charge in [-0.1, -0.05) is 6.92 Å². The lowest BCUT2D eigenvalue weighted by molar-refractivity contribution is 0.964. The average molecular weight is 177 g/mol. The van der Waals surface area contributed by atoms with Crippen molar-refractivity contribution in [3.05, 3.63) is 18.7 Å². The Kier molecular flexibility index (Phi) is 2.08. The zero-order chi connectivity index (χ0) is 9.10. The summed E-state index contributed by atoms with van der Waals surface area (Å²) in [6.45, 7) is 3.01. The van der Waals surface area contributed by atoms with E-state index in [1.807, 2.05) is 10.6 Å². The number of hydrogen-bond acceptors (Lipinski definition) is 4. The second-order valence-electron chi connectivity index (χ2n) is 2.76. The fourth-order valence-corrected chi connectivity index (χ4v) is 1.13. The van der Waals surface area contributed by atoms with Crippen molar-refractivity contribution >= 4 is 11.5 Å². The molecule has 0 saturated heterocycles. The Morgan fingerprint density at radius 3 is 3.31 bits per heavy atom. The Morgan fingerprint density at radius 1 is 1.54 bits per heavy atom. The molecule has 5 nitrogen and oxygen atoms in total. The minimum atomic E-state index is 0.774. The summed E-state index contributed by atoms with van der Waals surface area (Å²) >= 11 is 0. The highest BCUT2D eigenvalue weighted by molar-refractivity contribution is 5.61. The first-order chi connectivity index (χ1) is 6.42. The van der Waals surface area contributed by atoms with Gasteiger partial charge in [-0.25, -0.2) is 4.98 Å². The predicted molar refractivity (Wildman–Crippen MR) is 49.6 cm³/mol. The van der Waals surface area contributed by atoms with Gasteiger partial charge in [0.2, 0.25) is 5.65 Å². The fourth-order valence-electron chi connectivity index (χ4n) is 1.13. The van der Waals surface area contributed by atoms with E-state index in [9.17, 15) is 0 Å². The van der Waals surface area contributed by atoms with Gasteiger partial charge < -0.3 is 5.32 Å². The summed E-state index contributed by atoms with van der Waals surface area (Å²) in [4.78, 5) is 4.18. The zero-order valence-electron chi connectivity index (χ0n) is 7.44. The fraction of sp³-hybridized carbons (Fsp3) is 0.375. The molecule has 0 saturated carbocycles. The Morgan fingerprint density at radius 2 is 2.46 bits per heavy atom. The molecule has 1 N–H and O–H groups in total. The van der Waals surface area contributed by atoms with Crippen LogP contribution in [0.4, 0.5) is 5.82 Å². The van der Waals surface area contributed by atoms with Crippen molar-refractivity contribution in [2.24, 2.45) is 0 Å². The van der Waals surface area contributed by atoms with Crippen molar-refractivity contribution < 1.29 is 0 Å². The van der Waals surface area contributed by atoms with Gasteiger partial charge in [0, 0.05) is 18.9 Å². The maximum absolute atomic E-state index is 4.18. The molecule has 2 aromatic rings. The number of anilines is 1. The van der Waals surface area contributed by atoms with E-state index < -0.39 is 0 Å². The molecule has 13 heavy (non-hydrogen) atoms. The summed E-state index contributed by atoms with van der Waals surface area (Å²) in [7, 11) is 0. The molecule has 0 aliphatic carbocycles. The highest BCUT2D eigenvalue weighted by atomic mass is 15.2. The zero-order valence-corrected chi connectivity index (χ0v) is 7.44. The summed E-state index contributed by atoms with van der Waals surface area (Å²) in [5, 5.41) is 11.0. The van der Waals surface area contributed by atoms with E-state index in [4.69, 9.17) is 0 Å². The van der Waals surface area contributed by atoms with Gasteiger partial charge >= 0.3 is 0 Å². The molecule has 0 aliphatic heterocycles. The van der Waals surface area contributed by atoms with Crippen molar-refractivity contribution in [1.82, 2.24) is 19.6 Å². The third-order valence-electron chi connectivity index (χ3n) is 1.76. The largest absolute Gasteiger partial charge is 0.367 e. The second-order valence-corrected chi connectivity index (χ2v) is 2.76. The maximum atomic E-state index is 4.18. The first kappa shape index (κ1) is 7.97. The predicted octanol–water partition coefficient (Wildman–Crippen LogP) is 0.946. The smallest absolute Gasteiger partial charge is 0.203 e. The molecule has 0 atom stereocenters. The molecule has 0 radical (unpaired) electrons. The van der Waals surface area contributed by atoms with E-state index in [2.05, 4.69) is 27.4 Å². The van der Waals surface area contributed by atoms with E-state index in [1.54, 1.807) is 12.5 Å². The molecule has 2 rings (SSSR count). The lowest BCUT2D eigenvalue weighted by atomic mass is 10.5. The molecule has 5 heteroatoms. The Bertz CT molecular complexity index is 394. The van der Waals surface area contributed by atoms with Crippen molar-refractivity contribution in [2.45, 2.75) is 13.3 Å². The quantitative estimate of drug-likeness (QED) is 0.758. The Hall–Kier alpha value is -1.65. The van der Waals surface area contributed by atoms with Crippen molar-refractivity contribution in [3.63, 3.8) is 0 Å². The number of fused-ring (bicyclic) bond motifs is 1. The summed E-state index contributed by atoms with van der Waals surface area (Å²) < 4.78 is 1.84. The van der Waals surface area contributed by atoms with E-state index in [-0.39, 0.29) is 0 Å². The molecule has 0 unspecified atom stereocenters. The van der Waals surface area contributed by atoms with Gasteiger partial charge in [-0.15, -0.1) is 10.2 Å². The number of nitrogens with one attached hydrogen (secondary N) is 1. The molecular formula is C8H11N5. The molecule has 0 bridgehead atoms. The standard InChI is InChI=1S/C8H11N5/c1-2-3-9-7-8-12-11-6-13(8)5-4-10-7/h4-6H,2-3H2,1H3,(H,9,10). The molecule has 2 aromatic heterocycles. The summed E-state index contributed by atoms with van der Waals surface area (Å²) in [5.74, 6) is 0.793. The van der Waals surface area contributed by atoms with Crippen LogP contribution in [0.1, 0.15) is 13.3 Å². The number of aromatic nitrogens is 4. The minimum Gasteiger partial charge on any atom is -0.367 e. The Balaban J connectivity index is 2.37. The van der Waals surface area contributed by atoms with Crippen molar-refractivity contribution in [2.75, 3.05) is 11.9 Å². The van der Waals surface area contributed by atoms with Crippen LogP contribution in [0.5, 0.6) is 0 Å². The summed E-state index contributed by atoms with van der Waals surface area (Å²) in [6, 6.07) is 0. The highest BCUT2D eigenvalue weighted by Gasteiger charge is 2.02. The topological polar surface area (TPSA) is 55.1 Å². The van der Waals surface area contributed by atoms with E-state index >= 15 is 0 Å². The van der Waals surface area contributed by atoms with Crippen LogP contribution in [0.2, 0.25) is 0 Å². The number of nitrogens with zero attached hydrogens (tertiary/aromatic N) is 4. The summed E-state index contributed by atoms with van der Waals surface area (Å²) in [5.41, 5.74) is 0.774. The van der Waals surface area contributed by atoms with Crippen LogP contribution in [-0.4, -0.2) is 26.1 Å². The molecule has 0 fully saturated rings. The van der Waals surface area contributed by atoms with Gasteiger partial charge in [-0.05, 0) is 6.42 Å². The second kappa shape index (κ2) is 3.38. The highest BCUT2D eigenvalue weighted by Crippen LogP contribution is 2.08. The van der Waals surface area contributed by atoms with Gasteiger partial charge in [-0.2, -0.15) is 0 Å². The van der Waals surface area contributed by atoms with Crippen molar-refractivity contribution in [1.29, 1.82) is 0 Å². The molecular weight excluding hydrogens is 166 g/mol. The average Bonchev–Trinajstić information content (AvgIpc) is 2.62. The minimum absolute atomic E-state index is 0.774. The monoisotopic (exact) mass is 177 g/mol. The van der Waals surface area contributed by atoms with Crippen LogP contribution in [0.3, 0.4) is 0 Å². The van der Waals surface area contributed by atoms with E-state index in [0.717, 1.165) is 24.4 Å². The normalized spacial score (nSPS) is 10.5. The van der Waals surface area contributed by atoms with Crippen LogP contribution < -0.4 is 5.32 Å². The van der Waals surface area contributed by atoms with Gasteiger partial charge in [0.1, 0.15) is 6.33 Å². The molecule has 0 spiro atoms. The molecule has 0 amide bonds. The number of rotatable bonds is 3.